The molecule has 0 spiro atoms. The summed E-state index contributed by atoms with van der Waals surface area (Å²) in [5, 5.41) is 3.49. The van der Waals surface area contributed by atoms with E-state index in [9.17, 15) is 0 Å². The zero-order chi connectivity index (χ0) is 15.1. The highest BCUT2D eigenvalue weighted by Gasteiger charge is 2.21. The summed E-state index contributed by atoms with van der Waals surface area (Å²) in [7, 11) is 4.05. The van der Waals surface area contributed by atoms with E-state index in [2.05, 4.69) is 29.2 Å². The van der Waals surface area contributed by atoms with E-state index in [1.54, 1.807) is 0 Å². The topological polar surface area (TPSA) is 36.9 Å². The lowest BCUT2D eigenvalue weighted by Gasteiger charge is -2.31. The Hall–Kier alpha value is -0.770. The lowest BCUT2D eigenvalue weighted by Crippen LogP contribution is -2.42. The number of aliphatic imine (C=N–C) groups is 1. The highest BCUT2D eigenvalue weighted by Crippen LogP contribution is 2.28. The summed E-state index contributed by atoms with van der Waals surface area (Å²) >= 11 is 0. The molecule has 21 heavy (non-hydrogen) atoms. The van der Waals surface area contributed by atoms with Crippen molar-refractivity contribution in [1.29, 1.82) is 0 Å². The number of hydrogen-bond donors (Lipinski definition) is 1. The summed E-state index contributed by atoms with van der Waals surface area (Å²) in [6.07, 6.45) is 9.52. The fourth-order valence-electron chi connectivity index (χ4n) is 3.59. The van der Waals surface area contributed by atoms with Crippen molar-refractivity contribution >= 4 is 5.96 Å². The molecule has 1 aliphatic carbocycles. The third-order valence-corrected chi connectivity index (χ3v) is 5.01. The number of hydrogen-bond acceptors (Lipinski definition) is 2. The maximum Gasteiger partial charge on any atom is 0.193 e. The van der Waals surface area contributed by atoms with Gasteiger partial charge < -0.3 is 15.0 Å². The molecule has 1 saturated carbocycles. The summed E-state index contributed by atoms with van der Waals surface area (Å²) in [4.78, 5) is 6.72. The number of ether oxygens (including phenoxy) is 1. The van der Waals surface area contributed by atoms with Crippen molar-refractivity contribution in [1.82, 2.24) is 10.2 Å². The van der Waals surface area contributed by atoms with E-state index >= 15 is 0 Å². The Morgan fingerprint density at radius 2 is 2.00 bits per heavy atom. The molecule has 0 aromatic carbocycles. The quantitative estimate of drug-likeness (QED) is 0.626. The van der Waals surface area contributed by atoms with Crippen LogP contribution in [0.3, 0.4) is 0 Å². The Balaban J connectivity index is 1.67. The molecular formula is C17H33N3O. The van der Waals surface area contributed by atoms with Crippen molar-refractivity contribution < 1.29 is 4.74 Å². The number of guanidine groups is 1. The van der Waals surface area contributed by atoms with Crippen LogP contribution in [0.1, 0.15) is 51.9 Å². The van der Waals surface area contributed by atoms with Gasteiger partial charge in [-0.1, -0.05) is 19.8 Å². The first kappa shape index (κ1) is 16.6. The molecule has 0 aromatic heterocycles. The van der Waals surface area contributed by atoms with Crippen molar-refractivity contribution in [3.8, 4) is 0 Å². The van der Waals surface area contributed by atoms with E-state index in [-0.39, 0.29) is 0 Å². The molecule has 4 heteroatoms. The van der Waals surface area contributed by atoms with Gasteiger partial charge in [0.1, 0.15) is 0 Å². The highest BCUT2D eigenvalue weighted by atomic mass is 16.5. The van der Waals surface area contributed by atoms with Gasteiger partial charge in [0.15, 0.2) is 5.96 Å². The highest BCUT2D eigenvalue weighted by molar-refractivity contribution is 5.79. The molecular weight excluding hydrogens is 262 g/mol. The summed E-state index contributed by atoms with van der Waals surface area (Å²) in [6.45, 7) is 5.42. The van der Waals surface area contributed by atoms with Crippen LogP contribution in [0.15, 0.2) is 4.99 Å². The fourth-order valence-corrected chi connectivity index (χ4v) is 3.59. The number of nitrogens with one attached hydrogen (secondary N) is 1. The first-order valence-electron chi connectivity index (χ1n) is 8.72. The number of rotatable bonds is 5. The minimum atomic E-state index is 0.459. The predicted octanol–water partition coefficient (Wildman–Crippen LogP) is 2.89. The van der Waals surface area contributed by atoms with Crippen LogP contribution in [0.25, 0.3) is 0 Å². The minimum Gasteiger partial charge on any atom is -0.378 e. The van der Waals surface area contributed by atoms with Crippen LogP contribution in [0.5, 0.6) is 0 Å². The molecule has 0 bridgehead atoms. The second-order valence-electron chi connectivity index (χ2n) is 6.90. The van der Waals surface area contributed by atoms with Crippen molar-refractivity contribution in [3.63, 3.8) is 0 Å². The van der Waals surface area contributed by atoms with Crippen molar-refractivity contribution in [2.45, 2.75) is 58.0 Å². The van der Waals surface area contributed by atoms with Gasteiger partial charge in [-0.15, -0.1) is 0 Å². The third-order valence-electron chi connectivity index (χ3n) is 5.01. The third kappa shape index (κ3) is 5.50. The smallest absolute Gasteiger partial charge is 0.193 e. The van der Waals surface area contributed by atoms with Gasteiger partial charge in [0.2, 0.25) is 0 Å². The van der Waals surface area contributed by atoms with E-state index in [0.717, 1.165) is 43.9 Å². The van der Waals surface area contributed by atoms with Gasteiger partial charge in [-0.2, -0.15) is 0 Å². The lowest BCUT2D eigenvalue weighted by atomic mass is 9.83. The SMILES string of the molecule is CN=C(NCCC1CCCO1)N(C)CC1CCC(C)CC1. The Labute approximate surface area is 130 Å². The van der Waals surface area contributed by atoms with E-state index in [0.29, 0.717) is 6.10 Å². The van der Waals surface area contributed by atoms with Crippen LogP contribution < -0.4 is 5.32 Å². The van der Waals surface area contributed by atoms with E-state index in [1.807, 2.05) is 7.05 Å². The second kappa shape index (κ2) is 8.62. The summed E-state index contributed by atoms with van der Waals surface area (Å²) < 4.78 is 5.67. The van der Waals surface area contributed by atoms with Crippen LogP contribution in [-0.4, -0.2) is 50.8 Å². The van der Waals surface area contributed by atoms with Crippen LogP contribution >= 0.6 is 0 Å². The average molecular weight is 295 g/mol. The van der Waals surface area contributed by atoms with Gasteiger partial charge in [-0.25, -0.2) is 0 Å². The summed E-state index contributed by atoms with van der Waals surface area (Å²) in [5.74, 6) is 2.80. The molecule has 2 aliphatic rings. The maximum atomic E-state index is 5.67. The van der Waals surface area contributed by atoms with Crippen LogP contribution in [0.4, 0.5) is 0 Å². The zero-order valence-electron chi connectivity index (χ0n) is 14.1. The summed E-state index contributed by atoms with van der Waals surface area (Å²) in [6, 6.07) is 0. The van der Waals surface area contributed by atoms with Crippen molar-refractivity contribution in [2.75, 3.05) is 33.8 Å². The van der Waals surface area contributed by atoms with Crippen LogP contribution in [0.2, 0.25) is 0 Å². The standard InChI is InChI=1S/C17H33N3O/c1-14-6-8-15(9-7-14)13-20(3)17(18-2)19-11-10-16-5-4-12-21-16/h14-16H,4-13H2,1-3H3,(H,18,19). The van der Waals surface area contributed by atoms with Gasteiger partial charge in [-0.05, 0) is 43.9 Å². The molecule has 0 amide bonds. The van der Waals surface area contributed by atoms with Crippen molar-refractivity contribution in [3.05, 3.63) is 0 Å². The Morgan fingerprint density at radius 1 is 1.24 bits per heavy atom. The van der Waals surface area contributed by atoms with E-state index < -0.39 is 0 Å². The van der Waals surface area contributed by atoms with Gasteiger partial charge in [0, 0.05) is 33.8 Å². The predicted molar refractivity (Wildman–Crippen MR) is 88.7 cm³/mol. The monoisotopic (exact) mass is 295 g/mol. The molecule has 0 aromatic rings. The Kier molecular flexibility index (Phi) is 6.81. The molecule has 1 saturated heterocycles. The van der Waals surface area contributed by atoms with Gasteiger partial charge in [-0.3, -0.25) is 4.99 Å². The molecule has 1 N–H and O–H groups in total. The first-order valence-corrected chi connectivity index (χ1v) is 8.72. The molecule has 0 radical (unpaired) electrons. The molecule has 2 rings (SSSR count). The van der Waals surface area contributed by atoms with Gasteiger partial charge in [0.25, 0.3) is 0 Å². The first-order chi connectivity index (χ1) is 10.2. The molecule has 1 atom stereocenters. The maximum absolute atomic E-state index is 5.67. The van der Waals surface area contributed by atoms with Gasteiger partial charge in [0.05, 0.1) is 6.10 Å². The number of nitrogens with zero attached hydrogens (tertiary/aromatic N) is 2. The molecule has 122 valence electrons. The molecule has 1 heterocycles. The minimum absolute atomic E-state index is 0.459. The zero-order valence-corrected chi connectivity index (χ0v) is 14.1. The normalized spacial score (nSPS) is 30.4. The fraction of sp³-hybridized carbons (Fsp3) is 0.941. The average Bonchev–Trinajstić information content (AvgIpc) is 2.99. The lowest BCUT2D eigenvalue weighted by molar-refractivity contribution is 0.105. The summed E-state index contributed by atoms with van der Waals surface area (Å²) in [5.41, 5.74) is 0. The van der Waals surface area contributed by atoms with Crippen molar-refractivity contribution in [2.24, 2.45) is 16.8 Å². The molecule has 1 unspecified atom stereocenters. The molecule has 4 nitrogen and oxygen atoms in total. The second-order valence-corrected chi connectivity index (χ2v) is 6.90. The molecule has 1 aliphatic heterocycles. The largest absolute Gasteiger partial charge is 0.378 e. The van der Waals surface area contributed by atoms with E-state index in [4.69, 9.17) is 4.74 Å². The Bertz CT molecular complexity index is 318. The van der Waals surface area contributed by atoms with E-state index in [1.165, 1.54) is 38.5 Å². The Morgan fingerprint density at radius 3 is 2.62 bits per heavy atom. The molecule has 2 fully saturated rings. The van der Waals surface area contributed by atoms with Crippen LogP contribution in [-0.2, 0) is 4.74 Å². The van der Waals surface area contributed by atoms with Crippen LogP contribution in [0, 0.1) is 11.8 Å². The van der Waals surface area contributed by atoms with Gasteiger partial charge >= 0.3 is 0 Å².